The molecule has 5 nitrogen and oxygen atoms in total. The van der Waals surface area contributed by atoms with Crippen molar-refractivity contribution in [3.8, 4) is 11.4 Å². The second-order valence-electron chi connectivity index (χ2n) is 5.01. The van der Waals surface area contributed by atoms with Gasteiger partial charge in [-0.1, -0.05) is 0 Å². The smallest absolute Gasteiger partial charge is 0.354 e. The van der Waals surface area contributed by atoms with E-state index in [-0.39, 0.29) is 11.5 Å². The Bertz CT molecular complexity index is 731. The lowest BCUT2D eigenvalue weighted by atomic mass is 10.0. The van der Waals surface area contributed by atoms with Gasteiger partial charge < -0.3 is 10.4 Å². The third-order valence-electron chi connectivity index (χ3n) is 3.57. The highest BCUT2D eigenvalue weighted by atomic mass is 19.1. The fraction of sp³-hybridized carbons (Fsp3) is 0.267. The van der Waals surface area contributed by atoms with Crippen molar-refractivity contribution in [2.24, 2.45) is 0 Å². The number of aryl methyl sites for hydroxylation is 1. The van der Waals surface area contributed by atoms with Crippen LogP contribution in [0.4, 0.5) is 4.39 Å². The lowest BCUT2D eigenvalue weighted by Gasteiger charge is -2.19. The van der Waals surface area contributed by atoms with E-state index in [0.717, 1.165) is 0 Å². The number of carboxylic acids is 1. The first-order chi connectivity index (χ1) is 10.1. The molecule has 0 aliphatic carbocycles. The monoisotopic (exact) mass is 287 g/mol. The average Bonchev–Trinajstić information content (AvgIpc) is 2.46. The number of hydrogen-bond donors (Lipinski definition) is 2. The molecule has 1 aromatic carbocycles. The molecule has 2 aromatic rings. The van der Waals surface area contributed by atoms with Crippen molar-refractivity contribution < 1.29 is 14.3 Å². The topological polar surface area (TPSA) is 75.1 Å². The minimum Gasteiger partial charge on any atom is -0.476 e. The molecule has 0 saturated carbocycles. The summed E-state index contributed by atoms with van der Waals surface area (Å²) in [4.78, 5) is 20.1. The molecular weight excluding hydrogens is 273 g/mol. The molecule has 2 N–H and O–H groups in total. The van der Waals surface area contributed by atoms with Crippen LogP contribution in [-0.2, 0) is 13.0 Å². The standard InChI is InChI=1S/C15H14FN3O2/c1-8-6-9(16)2-3-10(8)14-18-12-7-17-5-4-11(12)13(19-14)15(20)21/h2-3,6,17H,4-5,7H2,1H3,(H,20,21). The number of carboxylic acid groups (broad SMARTS) is 1. The molecule has 21 heavy (non-hydrogen) atoms. The van der Waals surface area contributed by atoms with Crippen LogP contribution in [0.5, 0.6) is 0 Å². The number of aromatic carboxylic acids is 1. The Morgan fingerprint density at radius 1 is 1.38 bits per heavy atom. The second kappa shape index (κ2) is 5.21. The highest BCUT2D eigenvalue weighted by Gasteiger charge is 2.22. The van der Waals surface area contributed by atoms with Crippen molar-refractivity contribution in [1.82, 2.24) is 15.3 Å². The third-order valence-corrected chi connectivity index (χ3v) is 3.57. The van der Waals surface area contributed by atoms with Crippen molar-refractivity contribution in [1.29, 1.82) is 0 Å². The largest absolute Gasteiger partial charge is 0.476 e. The van der Waals surface area contributed by atoms with E-state index in [1.165, 1.54) is 12.1 Å². The molecule has 6 heteroatoms. The summed E-state index contributed by atoms with van der Waals surface area (Å²) in [5, 5.41) is 12.5. The molecule has 2 heterocycles. The van der Waals surface area contributed by atoms with Gasteiger partial charge in [0.05, 0.1) is 5.69 Å². The Morgan fingerprint density at radius 2 is 2.19 bits per heavy atom. The maximum Gasteiger partial charge on any atom is 0.354 e. The molecule has 1 aromatic heterocycles. The number of fused-ring (bicyclic) bond motifs is 1. The van der Waals surface area contributed by atoms with Crippen molar-refractivity contribution in [3.63, 3.8) is 0 Å². The molecule has 0 spiro atoms. The van der Waals surface area contributed by atoms with E-state index < -0.39 is 5.97 Å². The zero-order valence-corrected chi connectivity index (χ0v) is 11.5. The van der Waals surface area contributed by atoms with Crippen molar-refractivity contribution in [2.75, 3.05) is 6.54 Å². The fourth-order valence-electron chi connectivity index (χ4n) is 2.53. The lowest BCUT2D eigenvalue weighted by Crippen LogP contribution is -2.27. The maximum absolute atomic E-state index is 13.2. The predicted octanol–water partition coefficient (Wildman–Crippen LogP) is 1.94. The fourth-order valence-corrected chi connectivity index (χ4v) is 2.53. The number of benzene rings is 1. The highest BCUT2D eigenvalue weighted by molar-refractivity contribution is 5.88. The lowest BCUT2D eigenvalue weighted by molar-refractivity contribution is 0.0688. The van der Waals surface area contributed by atoms with Crippen molar-refractivity contribution in [3.05, 3.63) is 46.5 Å². The minimum atomic E-state index is -1.06. The normalized spacial score (nSPS) is 13.8. The summed E-state index contributed by atoms with van der Waals surface area (Å²) in [6, 6.07) is 4.29. The van der Waals surface area contributed by atoms with Crippen LogP contribution in [0, 0.1) is 12.7 Å². The summed E-state index contributed by atoms with van der Waals surface area (Å²) in [6.45, 7) is 2.98. The van der Waals surface area contributed by atoms with Crippen LogP contribution in [0.15, 0.2) is 18.2 Å². The van der Waals surface area contributed by atoms with E-state index in [4.69, 9.17) is 0 Å². The second-order valence-corrected chi connectivity index (χ2v) is 5.01. The van der Waals surface area contributed by atoms with Crippen molar-refractivity contribution in [2.45, 2.75) is 19.9 Å². The van der Waals surface area contributed by atoms with Crippen molar-refractivity contribution >= 4 is 5.97 Å². The first kappa shape index (κ1) is 13.6. The molecule has 1 aliphatic rings. The predicted molar refractivity (Wildman–Crippen MR) is 74.5 cm³/mol. The summed E-state index contributed by atoms with van der Waals surface area (Å²) in [7, 11) is 0. The molecule has 0 bridgehead atoms. The Kier molecular flexibility index (Phi) is 3.39. The molecule has 1 aliphatic heterocycles. The molecule has 0 saturated heterocycles. The summed E-state index contributed by atoms with van der Waals surface area (Å²) in [5.41, 5.74) is 2.75. The van der Waals surface area contributed by atoms with E-state index in [9.17, 15) is 14.3 Å². The highest BCUT2D eigenvalue weighted by Crippen LogP contribution is 2.24. The Labute approximate surface area is 120 Å². The van der Waals surface area contributed by atoms with Gasteiger partial charge in [-0.05, 0) is 43.7 Å². The number of halogens is 1. The molecule has 0 fully saturated rings. The number of nitrogens with one attached hydrogen (secondary N) is 1. The van der Waals surface area contributed by atoms with Gasteiger partial charge in [0.2, 0.25) is 0 Å². The van der Waals surface area contributed by atoms with Crippen LogP contribution in [0.2, 0.25) is 0 Å². The summed E-state index contributed by atoms with van der Waals surface area (Å²) >= 11 is 0. The molecular formula is C15H14FN3O2. The number of nitrogens with zero attached hydrogens (tertiary/aromatic N) is 2. The molecule has 0 radical (unpaired) electrons. The van der Waals surface area contributed by atoms with Gasteiger partial charge in [-0.2, -0.15) is 0 Å². The van der Waals surface area contributed by atoms with Gasteiger partial charge in [-0.25, -0.2) is 19.2 Å². The van der Waals surface area contributed by atoms with Gasteiger partial charge in [0.25, 0.3) is 0 Å². The number of carbonyl (C=O) groups is 1. The average molecular weight is 287 g/mol. The Morgan fingerprint density at radius 3 is 2.90 bits per heavy atom. The SMILES string of the molecule is Cc1cc(F)ccc1-c1nc2c(c(C(=O)O)n1)CCNC2. The first-order valence-corrected chi connectivity index (χ1v) is 6.66. The Hall–Kier alpha value is -2.34. The zero-order chi connectivity index (χ0) is 15.0. The molecule has 3 rings (SSSR count). The van der Waals surface area contributed by atoms with Crippen LogP contribution in [0.25, 0.3) is 11.4 Å². The van der Waals surface area contributed by atoms with Gasteiger partial charge >= 0.3 is 5.97 Å². The van der Waals surface area contributed by atoms with E-state index in [1.807, 2.05) is 0 Å². The first-order valence-electron chi connectivity index (χ1n) is 6.66. The van der Waals surface area contributed by atoms with Gasteiger partial charge in [0.1, 0.15) is 5.82 Å². The zero-order valence-electron chi connectivity index (χ0n) is 11.5. The quantitative estimate of drug-likeness (QED) is 0.883. The van der Waals surface area contributed by atoms with Crippen LogP contribution in [0.1, 0.15) is 27.3 Å². The summed E-state index contributed by atoms with van der Waals surface area (Å²) in [6.07, 6.45) is 0.597. The number of aromatic nitrogens is 2. The molecule has 108 valence electrons. The van der Waals surface area contributed by atoms with E-state index in [1.54, 1.807) is 13.0 Å². The van der Waals surface area contributed by atoms with Crippen LogP contribution in [-0.4, -0.2) is 27.6 Å². The van der Waals surface area contributed by atoms with Gasteiger partial charge in [0.15, 0.2) is 11.5 Å². The van der Waals surface area contributed by atoms with Gasteiger partial charge in [0, 0.05) is 17.7 Å². The number of hydrogen-bond acceptors (Lipinski definition) is 4. The van der Waals surface area contributed by atoms with E-state index >= 15 is 0 Å². The van der Waals surface area contributed by atoms with Gasteiger partial charge in [-0.15, -0.1) is 0 Å². The van der Waals surface area contributed by atoms with Crippen LogP contribution < -0.4 is 5.32 Å². The Balaban J connectivity index is 2.19. The number of rotatable bonds is 2. The van der Waals surface area contributed by atoms with E-state index in [0.29, 0.717) is 47.7 Å². The molecule has 0 amide bonds. The minimum absolute atomic E-state index is 0.0419. The molecule has 0 unspecified atom stereocenters. The van der Waals surface area contributed by atoms with Crippen LogP contribution in [0.3, 0.4) is 0 Å². The third kappa shape index (κ3) is 2.50. The maximum atomic E-state index is 13.2. The summed E-state index contributed by atoms with van der Waals surface area (Å²) < 4.78 is 13.2. The van der Waals surface area contributed by atoms with E-state index in [2.05, 4.69) is 15.3 Å². The molecule has 0 atom stereocenters. The van der Waals surface area contributed by atoms with Crippen LogP contribution >= 0.6 is 0 Å². The van der Waals surface area contributed by atoms with Gasteiger partial charge in [-0.3, -0.25) is 0 Å². The summed E-state index contributed by atoms with van der Waals surface area (Å²) in [5.74, 6) is -1.07.